The molecule has 0 aromatic heterocycles. The Hall–Kier alpha value is -2.24. The van der Waals surface area contributed by atoms with Gasteiger partial charge in [-0.2, -0.15) is 0 Å². The largest absolute Gasteiger partial charge is 0.497 e. The lowest BCUT2D eigenvalue weighted by Gasteiger charge is -2.22. The van der Waals surface area contributed by atoms with E-state index in [1.807, 2.05) is 6.07 Å². The number of carbonyl (C=O) groups excluding carboxylic acids is 1. The van der Waals surface area contributed by atoms with Crippen LogP contribution in [0.4, 0.5) is 10.5 Å². The zero-order chi connectivity index (χ0) is 17.3. The second kappa shape index (κ2) is 6.10. The highest BCUT2D eigenvalue weighted by Crippen LogP contribution is 2.53. The van der Waals surface area contributed by atoms with Gasteiger partial charge in [-0.25, -0.2) is 4.79 Å². The number of amides is 1. The van der Waals surface area contributed by atoms with E-state index in [1.54, 1.807) is 32.9 Å². The van der Waals surface area contributed by atoms with Gasteiger partial charge >= 0.3 is 12.1 Å². The predicted octanol–water partition coefficient (Wildman–Crippen LogP) is 3.55. The Labute approximate surface area is 135 Å². The molecule has 0 atom stereocenters. The van der Waals surface area contributed by atoms with Gasteiger partial charge in [0.25, 0.3) is 0 Å². The minimum absolute atomic E-state index is 0.0440. The summed E-state index contributed by atoms with van der Waals surface area (Å²) in [4.78, 5) is 23.2. The van der Waals surface area contributed by atoms with Crippen molar-refractivity contribution in [1.82, 2.24) is 0 Å². The first-order valence-electron chi connectivity index (χ1n) is 7.55. The molecule has 0 unspecified atom stereocenters. The summed E-state index contributed by atoms with van der Waals surface area (Å²) in [5.74, 6) is -0.257. The van der Waals surface area contributed by atoms with Gasteiger partial charge in [-0.1, -0.05) is 6.07 Å². The SMILES string of the molecule is COc1ccc(C2(CC(=O)O)CC2)c(NC(=O)OC(C)(C)C)c1. The van der Waals surface area contributed by atoms with Gasteiger partial charge < -0.3 is 14.6 Å². The fourth-order valence-electron chi connectivity index (χ4n) is 2.61. The van der Waals surface area contributed by atoms with Crippen LogP contribution in [0.15, 0.2) is 18.2 Å². The molecule has 1 aromatic rings. The number of ether oxygens (including phenoxy) is 2. The van der Waals surface area contributed by atoms with E-state index < -0.39 is 23.1 Å². The molecule has 1 saturated carbocycles. The number of carbonyl (C=O) groups is 2. The first-order chi connectivity index (χ1) is 10.6. The third kappa shape index (κ3) is 4.37. The van der Waals surface area contributed by atoms with Crippen LogP contribution in [0.5, 0.6) is 5.75 Å². The fourth-order valence-corrected chi connectivity index (χ4v) is 2.61. The summed E-state index contributed by atoms with van der Waals surface area (Å²) in [5.41, 5.74) is 0.327. The van der Waals surface area contributed by atoms with Gasteiger partial charge in [0.05, 0.1) is 19.2 Å². The van der Waals surface area contributed by atoms with Crippen LogP contribution in [0, 0.1) is 0 Å². The lowest BCUT2D eigenvalue weighted by atomic mass is 9.90. The topological polar surface area (TPSA) is 84.9 Å². The molecule has 0 spiro atoms. The quantitative estimate of drug-likeness (QED) is 0.866. The molecule has 1 aromatic carbocycles. The zero-order valence-corrected chi connectivity index (χ0v) is 13.9. The number of carboxylic acids is 1. The summed E-state index contributed by atoms with van der Waals surface area (Å²) < 4.78 is 10.5. The molecular weight excluding hydrogens is 298 g/mol. The number of benzene rings is 1. The number of hydrogen-bond donors (Lipinski definition) is 2. The van der Waals surface area contributed by atoms with Crippen molar-refractivity contribution in [2.24, 2.45) is 0 Å². The standard InChI is InChI=1S/C17H23NO5/c1-16(2,3)23-15(21)18-13-9-11(22-4)5-6-12(13)17(7-8-17)10-14(19)20/h5-6,9H,7-8,10H2,1-4H3,(H,18,21)(H,19,20). The van der Waals surface area contributed by atoms with Crippen LogP contribution in [-0.2, 0) is 14.9 Å². The molecule has 1 aliphatic rings. The molecule has 2 rings (SSSR count). The Kier molecular flexibility index (Phi) is 4.54. The monoisotopic (exact) mass is 321 g/mol. The Balaban J connectivity index is 2.29. The van der Waals surface area contributed by atoms with E-state index in [1.165, 1.54) is 7.11 Å². The highest BCUT2D eigenvalue weighted by molar-refractivity contribution is 5.87. The van der Waals surface area contributed by atoms with E-state index >= 15 is 0 Å². The second-order valence-electron chi connectivity index (χ2n) is 6.89. The minimum atomic E-state index is -0.846. The van der Waals surface area contributed by atoms with E-state index in [9.17, 15) is 9.59 Å². The third-order valence-electron chi connectivity index (χ3n) is 3.78. The summed E-state index contributed by atoms with van der Waals surface area (Å²) in [6.45, 7) is 5.35. The van der Waals surface area contributed by atoms with Gasteiger partial charge in [0.15, 0.2) is 0 Å². The lowest BCUT2D eigenvalue weighted by molar-refractivity contribution is -0.137. The molecule has 0 heterocycles. The highest BCUT2D eigenvalue weighted by atomic mass is 16.6. The molecule has 0 saturated heterocycles. The zero-order valence-electron chi connectivity index (χ0n) is 13.9. The molecule has 1 amide bonds. The van der Waals surface area contributed by atoms with Crippen molar-refractivity contribution in [3.63, 3.8) is 0 Å². The molecule has 0 radical (unpaired) electrons. The fraction of sp³-hybridized carbons (Fsp3) is 0.529. The summed E-state index contributed by atoms with van der Waals surface area (Å²) in [6.07, 6.45) is 1.05. The van der Waals surface area contributed by atoms with Crippen molar-refractivity contribution in [2.75, 3.05) is 12.4 Å². The molecule has 6 nitrogen and oxygen atoms in total. The van der Waals surface area contributed by atoms with Crippen molar-refractivity contribution in [3.05, 3.63) is 23.8 Å². The highest BCUT2D eigenvalue weighted by Gasteiger charge is 2.47. The molecule has 0 aliphatic heterocycles. The van der Waals surface area contributed by atoms with Gasteiger partial charge in [0.1, 0.15) is 11.4 Å². The second-order valence-corrected chi connectivity index (χ2v) is 6.89. The Bertz CT molecular complexity index is 614. The van der Waals surface area contributed by atoms with Crippen molar-refractivity contribution in [1.29, 1.82) is 0 Å². The van der Waals surface area contributed by atoms with Crippen molar-refractivity contribution in [3.8, 4) is 5.75 Å². The minimum Gasteiger partial charge on any atom is -0.497 e. The summed E-state index contributed by atoms with van der Waals surface area (Å²) in [7, 11) is 1.54. The molecule has 2 N–H and O–H groups in total. The van der Waals surface area contributed by atoms with Crippen LogP contribution in [0.2, 0.25) is 0 Å². The Morgan fingerprint density at radius 2 is 1.96 bits per heavy atom. The predicted molar refractivity (Wildman–Crippen MR) is 86.0 cm³/mol. The smallest absolute Gasteiger partial charge is 0.412 e. The van der Waals surface area contributed by atoms with Crippen LogP contribution < -0.4 is 10.1 Å². The number of methoxy groups -OCH3 is 1. The molecule has 126 valence electrons. The summed E-state index contributed by atoms with van der Waals surface area (Å²) in [6, 6.07) is 5.29. The van der Waals surface area contributed by atoms with Crippen LogP contribution in [0.1, 0.15) is 45.6 Å². The van der Waals surface area contributed by atoms with Gasteiger partial charge in [-0.15, -0.1) is 0 Å². The molecule has 6 heteroatoms. The van der Waals surface area contributed by atoms with E-state index in [2.05, 4.69) is 5.32 Å². The van der Waals surface area contributed by atoms with Crippen molar-refractivity contribution in [2.45, 2.75) is 51.0 Å². The summed E-state index contributed by atoms with van der Waals surface area (Å²) in [5, 5.41) is 11.9. The van der Waals surface area contributed by atoms with Crippen LogP contribution >= 0.6 is 0 Å². The van der Waals surface area contributed by atoms with Crippen LogP contribution in [0.25, 0.3) is 0 Å². The Morgan fingerprint density at radius 1 is 1.30 bits per heavy atom. The number of carboxylic acid groups (broad SMARTS) is 1. The normalized spacial score (nSPS) is 15.7. The molecule has 23 heavy (non-hydrogen) atoms. The van der Waals surface area contributed by atoms with Gasteiger partial charge in [0, 0.05) is 11.5 Å². The number of hydrogen-bond acceptors (Lipinski definition) is 4. The number of anilines is 1. The number of aliphatic carboxylic acids is 1. The Morgan fingerprint density at radius 3 is 2.43 bits per heavy atom. The summed E-state index contributed by atoms with van der Waals surface area (Å²) >= 11 is 0. The first kappa shape index (κ1) is 17.1. The number of nitrogens with one attached hydrogen (secondary N) is 1. The third-order valence-corrected chi connectivity index (χ3v) is 3.78. The maximum atomic E-state index is 12.1. The molecular formula is C17H23NO5. The van der Waals surface area contributed by atoms with E-state index in [4.69, 9.17) is 14.6 Å². The average molecular weight is 321 g/mol. The maximum Gasteiger partial charge on any atom is 0.412 e. The van der Waals surface area contributed by atoms with E-state index in [0.717, 1.165) is 18.4 Å². The van der Waals surface area contributed by atoms with Gasteiger partial charge in [0.2, 0.25) is 0 Å². The molecule has 0 bridgehead atoms. The number of rotatable bonds is 5. The maximum absolute atomic E-state index is 12.1. The van der Waals surface area contributed by atoms with Gasteiger partial charge in [-0.3, -0.25) is 10.1 Å². The van der Waals surface area contributed by atoms with E-state index in [0.29, 0.717) is 11.4 Å². The van der Waals surface area contributed by atoms with Crippen molar-refractivity contribution < 1.29 is 24.2 Å². The first-order valence-corrected chi connectivity index (χ1v) is 7.55. The van der Waals surface area contributed by atoms with Crippen molar-refractivity contribution >= 4 is 17.7 Å². The average Bonchev–Trinajstić information content (AvgIpc) is 3.15. The van der Waals surface area contributed by atoms with Crippen LogP contribution in [0.3, 0.4) is 0 Å². The van der Waals surface area contributed by atoms with Gasteiger partial charge in [-0.05, 0) is 45.2 Å². The van der Waals surface area contributed by atoms with Crippen LogP contribution in [-0.4, -0.2) is 29.9 Å². The van der Waals surface area contributed by atoms with E-state index in [-0.39, 0.29) is 6.42 Å². The molecule has 1 aliphatic carbocycles. The molecule has 1 fully saturated rings. The lowest BCUT2D eigenvalue weighted by Crippen LogP contribution is -2.28.